The number of hydrogen-bond donors (Lipinski definition) is 1. The van der Waals surface area contributed by atoms with E-state index in [9.17, 15) is 4.79 Å². The van der Waals surface area contributed by atoms with Gasteiger partial charge in [0.1, 0.15) is 0 Å². The number of methoxy groups -OCH3 is 1. The Bertz CT molecular complexity index is 218. The molecule has 4 nitrogen and oxygen atoms in total. The zero-order chi connectivity index (χ0) is 9.59. The van der Waals surface area contributed by atoms with Crippen molar-refractivity contribution in [3.05, 3.63) is 0 Å². The van der Waals surface area contributed by atoms with E-state index in [0.717, 1.165) is 13.1 Å². The summed E-state index contributed by atoms with van der Waals surface area (Å²) >= 11 is 0. The molecule has 0 aromatic rings. The minimum atomic E-state index is -0.0423. The summed E-state index contributed by atoms with van der Waals surface area (Å²) in [6.45, 7) is 3.90. The van der Waals surface area contributed by atoms with E-state index in [1.165, 1.54) is 7.11 Å². The summed E-state index contributed by atoms with van der Waals surface area (Å²) in [7, 11) is 1.46. The Morgan fingerprint density at radius 2 is 2.08 bits per heavy atom. The van der Waals surface area contributed by atoms with Gasteiger partial charge in [-0.1, -0.05) is 0 Å². The van der Waals surface area contributed by atoms with Crippen molar-refractivity contribution in [2.24, 2.45) is 23.5 Å². The van der Waals surface area contributed by atoms with E-state index in [2.05, 4.69) is 4.90 Å². The van der Waals surface area contributed by atoms with E-state index in [0.29, 0.717) is 11.8 Å². The summed E-state index contributed by atoms with van der Waals surface area (Å²) in [4.78, 5) is 13.4. The molecule has 13 heavy (non-hydrogen) atoms. The molecule has 0 aromatic heterocycles. The lowest BCUT2D eigenvalue weighted by Gasteiger charge is -2.22. The summed E-state index contributed by atoms with van der Waals surface area (Å²) in [5.74, 6) is 1.15. The van der Waals surface area contributed by atoms with Crippen LogP contribution in [0, 0.1) is 17.8 Å². The van der Waals surface area contributed by atoms with Crippen LogP contribution in [0.25, 0.3) is 0 Å². The van der Waals surface area contributed by atoms with Gasteiger partial charge in [-0.15, -0.1) is 0 Å². The molecule has 2 rings (SSSR count). The van der Waals surface area contributed by atoms with Crippen molar-refractivity contribution in [2.75, 3.05) is 20.2 Å². The van der Waals surface area contributed by atoms with Gasteiger partial charge in [-0.2, -0.15) is 0 Å². The van der Waals surface area contributed by atoms with Crippen molar-refractivity contribution in [3.8, 4) is 0 Å². The third kappa shape index (κ3) is 1.34. The van der Waals surface area contributed by atoms with E-state index < -0.39 is 0 Å². The predicted octanol–water partition coefficient (Wildman–Crippen LogP) is -0.358. The second-order valence-electron chi connectivity index (χ2n) is 4.07. The number of hydrogen-bond acceptors (Lipinski definition) is 4. The Morgan fingerprint density at radius 1 is 1.54 bits per heavy atom. The number of carbonyl (C=O) groups excluding carboxylic acids is 1. The first-order chi connectivity index (χ1) is 6.15. The van der Waals surface area contributed by atoms with Gasteiger partial charge in [-0.25, -0.2) is 0 Å². The molecule has 0 bridgehead atoms. The molecule has 74 valence electrons. The van der Waals surface area contributed by atoms with Crippen molar-refractivity contribution < 1.29 is 9.53 Å². The lowest BCUT2D eigenvalue weighted by molar-refractivity contribution is -0.143. The molecule has 2 aliphatic rings. The van der Waals surface area contributed by atoms with Crippen LogP contribution in [0.2, 0.25) is 0 Å². The van der Waals surface area contributed by atoms with Crippen LogP contribution >= 0.6 is 0 Å². The van der Waals surface area contributed by atoms with Crippen molar-refractivity contribution in [2.45, 2.75) is 13.1 Å². The third-order valence-electron chi connectivity index (χ3n) is 3.27. The molecule has 2 N–H and O–H groups in total. The van der Waals surface area contributed by atoms with Gasteiger partial charge in [0, 0.05) is 13.1 Å². The Morgan fingerprint density at radius 3 is 2.46 bits per heavy atom. The maximum atomic E-state index is 11.2. The normalized spacial score (nSPS) is 39.8. The standard InChI is InChI=1S/C9H16N2O2/c1-5(10)11-3-6-7(4-11)8(6)9(12)13-2/h5-8H,3-4,10H2,1-2H3. The van der Waals surface area contributed by atoms with E-state index in [-0.39, 0.29) is 18.1 Å². The maximum absolute atomic E-state index is 11.2. The second-order valence-corrected chi connectivity index (χ2v) is 4.07. The van der Waals surface area contributed by atoms with Gasteiger partial charge in [0.05, 0.1) is 19.2 Å². The Kier molecular flexibility index (Phi) is 2.04. The van der Waals surface area contributed by atoms with Crippen molar-refractivity contribution >= 4 is 5.97 Å². The Balaban J connectivity index is 1.87. The third-order valence-corrected chi connectivity index (χ3v) is 3.27. The van der Waals surface area contributed by atoms with Gasteiger partial charge in [0.25, 0.3) is 0 Å². The summed E-state index contributed by atoms with van der Waals surface area (Å²) in [5, 5.41) is 0. The number of nitrogens with zero attached hydrogens (tertiary/aromatic N) is 1. The van der Waals surface area contributed by atoms with Gasteiger partial charge in [-0.3, -0.25) is 9.69 Å². The molecule has 1 aliphatic heterocycles. The highest BCUT2D eigenvalue weighted by Crippen LogP contribution is 2.52. The molecule has 3 unspecified atom stereocenters. The smallest absolute Gasteiger partial charge is 0.309 e. The number of carbonyl (C=O) groups is 1. The molecule has 3 atom stereocenters. The van der Waals surface area contributed by atoms with Crippen molar-refractivity contribution in [1.82, 2.24) is 4.90 Å². The molecule has 0 spiro atoms. The first-order valence-electron chi connectivity index (χ1n) is 4.72. The van der Waals surface area contributed by atoms with E-state index in [4.69, 9.17) is 10.5 Å². The summed E-state index contributed by atoms with van der Waals surface area (Å²) in [6, 6.07) is 0. The Labute approximate surface area is 78.0 Å². The number of esters is 1. The molecule has 0 amide bonds. The van der Waals surface area contributed by atoms with Crippen LogP contribution in [0.1, 0.15) is 6.92 Å². The van der Waals surface area contributed by atoms with Crippen LogP contribution in [0.4, 0.5) is 0 Å². The van der Waals surface area contributed by atoms with Gasteiger partial charge >= 0.3 is 5.97 Å². The number of ether oxygens (including phenoxy) is 1. The molecular formula is C9H16N2O2. The minimum absolute atomic E-state index is 0.0423. The van der Waals surface area contributed by atoms with Crippen LogP contribution < -0.4 is 5.73 Å². The van der Waals surface area contributed by atoms with Crippen LogP contribution in [0.15, 0.2) is 0 Å². The first-order valence-corrected chi connectivity index (χ1v) is 4.72. The fourth-order valence-corrected chi connectivity index (χ4v) is 2.38. The van der Waals surface area contributed by atoms with Crippen LogP contribution in [0.3, 0.4) is 0 Å². The predicted molar refractivity (Wildman–Crippen MR) is 47.7 cm³/mol. The number of likely N-dealkylation sites (tertiary alicyclic amines) is 1. The summed E-state index contributed by atoms with van der Waals surface area (Å²) in [6.07, 6.45) is 0.117. The highest BCUT2D eigenvalue weighted by atomic mass is 16.5. The van der Waals surface area contributed by atoms with Crippen LogP contribution in [0.5, 0.6) is 0 Å². The SMILES string of the molecule is COC(=O)C1C2CN(C(C)N)CC21. The lowest BCUT2D eigenvalue weighted by atomic mass is 10.2. The van der Waals surface area contributed by atoms with Crippen molar-refractivity contribution in [3.63, 3.8) is 0 Å². The van der Waals surface area contributed by atoms with E-state index >= 15 is 0 Å². The topological polar surface area (TPSA) is 55.6 Å². The molecule has 2 fully saturated rings. The van der Waals surface area contributed by atoms with Gasteiger partial charge in [0.2, 0.25) is 0 Å². The molecule has 1 saturated heterocycles. The largest absolute Gasteiger partial charge is 0.469 e. The van der Waals surface area contributed by atoms with Crippen molar-refractivity contribution in [1.29, 1.82) is 0 Å². The molecule has 0 radical (unpaired) electrons. The quantitative estimate of drug-likeness (QED) is 0.596. The maximum Gasteiger partial charge on any atom is 0.309 e. The summed E-state index contributed by atoms with van der Waals surface area (Å²) in [5.41, 5.74) is 5.74. The monoisotopic (exact) mass is 184 g/mol. The number of piperidine rings is 1. The van der Waals surface area contributed by atoms with Gasteiger partial charge in [-0.05, 0) is 18.8 Å². The van der Waals surface area contributed by atoms with E-state index in [1.54, 1.807) is 0 Å². The molecular weight excluding hydrogens is 168 g/mol. The average molecular weight is 184 g/mol. The molecule has 1 heterocycles. The van der Waals surface area contributed by atoms with Gasteiger partial charge < -0.3 is 10.5 Å². The molecule has 0 aromatic carbocycles. The summed E-state index contributed by atoms with van der Waals surface area (Å²) < 4.78 is 4.72. The fraction of sp³-hybridized carbons (Fsp3) is 0.889. The number of rotatable bonds is 2. The fourth-order valence-electron chi connectivity index (χ4n) is 2.38. The highest BCUT2D eigenvalue weighted by Gasteiger charge is 2.60. The highest BCUT2D eigenvalue weighted by molar-refractivity contribution is 5.76. The second kappa shape index (κ2) is 2.96. The van der Waals surface area contributed by atoms with E-state index in [1.807, 2.05) is 6.92 Å². The first kappa shape index (κ1) is 8.97. The lowest BCUT2D eigenvalue weighted by Crippen LogP contribution is -2.40. The van der Waals surface area contributed by atoms with Crippen LogP contribution in [-0.2, 0) is 9.53 Å². The van der Waals surface area contributed by atoms with Crippen LogP contribution in [-0.4, -0.2) is 37.2 Å². The molecule has 4 heteroatoms. The number of fused-ring (bicyclic) bond motifs is 1. The molecule has 1 saturated carbocycles. The zero-order valence-electron chi connectivity index (χ0n) is 8.06. The number of nitrogens with two attached hydrogens (primary N) is 1. The minimum Gasteiger partial charge on any atom is -0.469 e. The average Bonchev–Trinajstić information content (AvgIpc) is 2.58. The molecule has 1 aliphatic carbocycles. The Hall–Kier alpha value is -0.610. The zero-order valence-corrected chi connectivity index (χ0v) is 8.06. The van der Waals surface area contributed by atoms with Gasteiger partial charge in [0.15, 0.2) is 0 Å².